The molecule has 2 amide bonds. The van der Waals surface area contributed by atoms with Gasteiger partial charge in [0, 0.05) is 23.4 Å². The number of aryl methyl sites for hydroxylation is 2. The molecule has 0 aliphatic heterocycles. The number of hydrazine groups is 1. The number of carbonyl (C=O) groups is 3. The topological polar surface area (TPSA) is 84.5 Å². The van der Waals surface area contributed by atoms with Gasteiger partial charge in [-0.15, -0.1) is 0 Å². The quantitative estimate of drug-likeness (QED) is 0.586. The zero-order chi connectivity index (χ0) is 20.0. The molecule has 6 nitrogen and oxygen atoms in total. The second-order valence-electron chi connectivity index (χ2n) is 6.07. The van der Waals surface area contributed by atoms with Crippen molar-refractivity contribution in [2.45, 2.75) is 26.7 Å². The maximum absolute atomic E-state index is 12.2. The number of nitrogens with one attached hydrogen (secondary N) is 2. The molecule has 0 saturated carbocycles. The Morgan fingerprint density at radius 1 is 0.963 bits per heavy atom. The Morgan fingerprint density at radius 3 is 2.37 bits per heavy atom. The van der Waals surface area contributed by atoms with Crippen molar-refractivity contribution in [1.29, 1.82) is 0 Å². The van der Waals surface area contributed by atoms with Crippen LogP contribution < -0.4 is 15.6 Å². The van der Waals surface area contributed by atoms with Crippen LogP contribution in [0.15, 0.2) is 36.4 Å². The van der Waals surface area contributed by atoms with Crippen LogP contribution in [-0.4, -0.2) is 24.7 Å². The fraction of sp³-hybridized carbons (Fsp3) is 0.250. The lowest BCUT2D eigenvalue weighted by Gasteiger charge is -2.10. The van der Waals surface area contributed by atoms with E-state index in [1.165, 1.54) is 19.2 Å². The summed E-state index contributed by atoms with van der Waals surface area (Å²) in [5, 5.41) is 0.428. The highest BCUT2D eigenvalue weighted by Gasteiger charge is 2.14. The standard InChI is InChI=1S/C20H21ClN2O4/c1-12-4-5-14(10-13(12)2)17(24)8-9-19(25)22-23-20(26)16-7-6-15(21)11-18(16)27-3/h4-7,10-11H,8-9H2,1-3H3,(H,22,25)(H,23,26). The second kappa shape index (κ2) is 9.19. The predicted molar refractivity (Wildman–Crippen MR) is 103 cm³/mol. The monoisotopic (exact) mass is 388 g/mol. The van der Waals surface area contributed by atoms with E-state index in [4.69, 9.17) is 16.3 Å². The van der Waals surface area contributed by atoms with Crippen LogP contribution in [0.5, 0.6) is 5.75 Å². The first kappa shape index (κ1) is 20.5. The van der Waals surface area contributed by atoms with E-state index >= 15 is 0 Å². The molecule has 2 aromatic carbocycles. The van der Waals surface area contributed by atoms with Gasteiger partial charge < -0.3 is 4.74 Å². The maximum Gasteiger partial charge on any atom is 0.273 e. The summed E-state index contributed by atoms with van der Waals surface area (Å²) in [7, 11) is 1.42. The van der Waals surface area contributed by atoms with Crippen LogP contribution in [0.25, 0.3) is 0 Å². The number of Topliss-reactive ketones (excluding diaryl/α,β-unsaturated/α-hetero) is 1. The molecule has 0 atom stereocenters. The normalized spacial score (nSPS) is 10.2. The van der Waals surface area contributed by atoms with Gasteiger partial charge in [0.15, 0.2) is 5.78 Å². The molecule has 0 radical (unpaired) electrons. The minimum atomic E-state index is -0.544. The number of amides is 2. The van der Waals surface area contributed by atoms with E-state index in [1.54, 1.807) is 12.1 Å². The van der Waals surface area contributed by atoms with E-state index in [0.29, 0.717) is 16.3 Å². The zero-order valence-corrected chi connectivity index (χ0v) is 16.1. The SMILES string of the molecule is COc1cc(Cl)ccc1C(=O)NNC(=O)CCC(=O)c1ccc(C)c(C)c1. The Morgan fingerprint density at radius 2 is 1.70 bits per heavy atom. The summed E-state index contributed by atoms with van der Waals surface area (Å²) in [5.74, 6) is -0.844. The van der Waals surface area contributed by atoms with Crippen LogP contribution in [-0.2, 0) is 4.79 Å². The van der Waals surface area contributed by atoms with E-state index in [1.807, 2.05) is 26.0 Å². The number of ketones is 1. The van der Waals surface area contributed by atoms with E-state index < -0.39 is 11.8 Å². The summed E-state index contributed by atoms with van der Waals surface area (Å²) in [6.07, 6.45) is 0.0122. The van der Waals surface area contributed by atoms with Crippen molar-refractivity contribution < 1.29 is 19.1 Å². The predicted octanol–water partition coefficient (Wildman–Crippen LogP) is 3.39. The number of ether oxygens (including phenoxy) is 1. The van der Waals surface area contributed by atoms with Gasteiger partial charge >= 0.3 is 0 Å². The number of halogens is 1. The van der Waals surface area contributed by atoms with Gasteiger partial charge in [-0.25, -0.2) is 0 Å². The van der Waals surface area contributed by atoms with Gasteiger partial charge in [-0.2, -0.15) is 0 Å². The van der Waals surface area contributed by atoms with E-state index in [9.17, 15) is 14.4 Å². The second-order valence-corrected chi connectivity index (χ2v) is 6.51. The Labute approximate surface area is 162 Å². The maximum atomic E-state index is 12.2. The summed E-state index contributed by atoms with van der Waals surface area (Å²) in [5.41, 5.74) is 7.52. The lowest BCUT2D eigenvalue weighted by atomic mass is 10.0. The molecular formula is C20H21ClN2O4. The summed E-state index contributed by atoms with van der Waals surface area (Å²) in [6, 6.07) is 9.97. The number of hydrogen-bond acceptors (Lipinski definition) is 4. The minimum Gasteiger partial charge on any atom is -0.496 e. The van der Waals surface area contributed by atoms with Crippen LogP contribution in [0.4, 0.5) is 0 Å². The Kier molecular flexibility index (Phi) is 6.96. The molecule has 2 rings (SSSR count). The Bertz CT molecular complexity index is 880. The molecule has 7 heteroatoms. The molecule has 2 N–H and O–H groups in total. The summed E-state index contributed by atoms with van der Waals surface area (Å²) in [6.45, 7) is 3.90. The highest BCUT2D eigenvalue weighted by Crippen LogP contribution is 2.22. The molecule has 142 valence electrons. The van der Waals surface area contributed by atoms with Crippen molar-refractivity contribution in [2.24, 2.45) is 0 Å². The van der Waals surface area contributed by atoms with Crippen molar-refractivity contribution in [1.82, 2.24) is 10.9 Å². The van der Waals surface area contributed by atoms with Crippen molar-refractivity contribution in [3.8, 4) is 5.75 Å². The van der Waals surface area contributed by atoms with Crippen LogP contribution in [0.2, 0.25) is 5.02 Å². The van der Waals surface area contributed by atoms with Crippen molar-refractivity contribution in [3.63, 3.8) is 0 Å². The third-order valence-corrected chi connectivity index (χ3v) is 4.37. The highest BCUT2D eigenvalue weighted by molar-refractivity contribution is 6.30. The third kappa shape index (κ3) is 5.56. The summed E-state index contributed by atoms with van der Waals surface area (Å²) in [4.78, 5) is 36.3. The molecule has 0 aromatic heterocycles. The molecule has 27 heavy (non-hydrogen) atoms. The van der Waals surface area contributed by atoms with Crippen molar-refractivity contribution >= 4 is 29.2 Å². The van der Waals surface area contributed by atoms with E-state index in [-0.39, 0.29) is 24.2 Å². The number of rotatable bonds is 6. The average molecular weight is 389 g/mol. The van der Waals surface area contributed by atoms with Crippen molar-refractivity contribution in [3.05, 3.63) is 63.7 Å². The number of methoxy groups -OCH3 is 1. The van der Waals surface area contributed by atoms with E-state index in [0.717, 1.165) is 11.1 Å². The molecule has 0 heterocycles. The fourth-order valence-corrected chi connectivity index (χ4v) is 2.56. The van der Waals surface area contributed by atoms with E-state index in [2.05, 4.69) is 10.9 Å². The van der Waals surface area contributed by atoms with Crippen LogP contribution in [0, 0.1) is 13.8 Å². The van der Waals surface area contributed by atoms with Gasteiger partial charge in [0.2, 0.25) is 5.91 Å². The minimum absolute atomic E-state index is 0.0379. The van der Waals surface area contributed by atoms with Gasteiger partial charge in [-0.3, -0.25) is 25.2 Å². The number of benzene rings is 2. The molecule has 0 bridgehead atoms. The lowest BCUT2D eigenvalue weighted by molar-refractivity contribution is -0.121. The van der Waals surface area contributed by atoms with Crippen LogP contribution in [0.3, 0.4) is 0 Å². The number of hydrogen-bond donors (Lipinski definition) is 2. The molecule has 0 unspecified atom stereocenters. The Hall–Kier alpha value is -2.86. The fourth-order valence-electron chi connectivity index (χ4n) is 2.40. The average Bonchev–Trinajstić information content (AvgIpc) is 2.66. The lowest BCUT2D eigenvalue weighted by Crippen LogP contribution is -2.41. The van der Waals surface area contributed by atoms with Crippen LogP contribution >= 0.6 is 11.6 Å². The Balaban J connectivity index is 1.86. The van der Waals surface area contributed by atoms with Gasteiger partial charge in [0.1, 0.15) is 5.75 Å². The molecule has 0 fully saturated rings. The highest BCUT2D eigenvalue weighted by atomic mass is 35.5. The summed E-state index contributed by atoms with van der Waals surface area (Å²) < 4.78 is 5.10. The first-order chi connectivity index (χ1) is 12.8. The van der Waals surface area contributed by atoms with Gasteiger partial charge in [0.05, 0.1) is 12.7 Å². The first-order valence-corrected chi connectivity index (χ1v) is 8.72. The van der Waals surface area contributed by atoms with Gasteiger partial charge in [-0.05, 0) is 49.2 Å². The van der Waals surface area contributed by atoms with Crippen molar-refractivity contribution in [2.75, 3.05) is 7.11 Å². The molecule has 0 saturated heterocycles. The molecule has 0 aliphatic rings. The van der Waals surface area contributed by atoms with Gasteiger partial charge in [0.25, 0.3) is 5.91 Å². The largest absolute Gasteiger partial charge is 0.496 e. The zero-order valence-electron chi connectivity index (χ0n) is 15.4. The molecular weight excluding hydrogens is 368 g/mol. The molecule has 0 aliphatic carbocycles. The van der Waals surface area contributed by atoms with Gasteiger partial charge in [-0.1, -0.05) is 23.7 Å². The molecule has 2 aromatic rings. The molecule has 0 spiro atoms. The third-order valence-electron chi connectivity index (χ3n) is 4.13. The smallest absolute Gasteiger partial charge is 0.273 e. The number of carbonyl (C=O) groups excluding carboxylic acids is 3. The summed E-state index contributed by atoms with van der Waals surface area (Å²) >= 11 is 5.85. The first-order valence-electron chi connectivity index (χ1n) is 8.35. The van der Waals surface area contributed by atoms with Crippen LogP contribution in [0.1, 0.15) is 44.7 Å².